The van der Waals surface area contributed by atoms with Crippen LogP contribution in [0.4, 0.5) is 5.69 Å². The summed E-state index contributed by atoms with van der Waals surface area (Å²) in [4.78, 5) is 12.2. The van der Waals surface area contributed by atoms with E-state index in [0.717, 1.165) is 5.56 Å². The topological polar surface area (TPSA) is 66.5 Å². The van der Waals surface area contributed by atoms with E-state index in [9.17, 15) is 13.2 Å². The lowest BCUT2D eigenvalue weighted by atomic mass is 10.2. The molecular formula is C19H21ClN2O3S. The van der Waals surface area contributed by atoms with Crippen LogP contribution >= 0.6 is 11.6 Å². The van der Waals surface area contributed by atoms with Crippen molar-refractivity contribution in [1.29, 1.82) is 0 Å². The fourth-order valence-electron chi connectivity index (χ4n) is 2.37. The number of amides is 1. The second-order valence-electron chi connectivity index (χ2n) is 5.46. The molecule has 2 aromatic rings. The molecule has 2 rings (SSSR count). The largest absolute Gasteiger partial charge is 0.321 e. The van der Waals surface area contributed by atoms with Gasteiger partial charge in [0.05, 0.1) is 15.6 Å². The van der Waals surface area contributed by atoms with Crippen LogP contribution in [0.5, 0.6) is 0 Å². The van der Waals surface area contributed by atoms with E-state index in [0.29, 0.717) is 23.8 Å². The molecule has 0 fully saturated rings. The second kappa shape index (κ2) is 8.98. The Balaban J connectivity index is 2.08. The molecule has 1 amide bonds. The van der Waals surface area contributed by atoms with Gasteiger partial charge in [-0.15, -0.1) is 0 Å². The number of hydrogen-bond donors (Lipinski definition) is 1. The molecule has 0 aliphatic heterocycles. The SMILES string of the molecule is CCN(CC)S(=O)(=O)c1ccc(C=CC(=O)Nc2ccccc2Cl)cc1. The Morgan fingerprint density at radius 3 is 2.27 bits per heavy atom. The molecule has 0 aromatic heterocycles. The highest BCUT2D eigenvalue weighted by molar-refractivity contribution is 7.89. The zero-order valence-electron chi connectivity index (χ0n) is 14.6. The lowest BCUT2D eigenvalue weighted by Gasteiger charge is -2.18. The summed E-state index contributed by atoms with van der Waals surface area (Å²) in [6.45, 7) is 4.44. The van der Waals surface area contributed by atoms with Crippen molar-refractivity contribution < 1.29 is 13.2 Å². The number of anilines is 1. The van der Waals surface area contributed by atoms with Gasteiger partial charge in [0.1, 0.15) is 0 Å². The van der Waals surface area contributed by atoms with Gasteiger partial charge in [0.25, 0.3) is 0 Å². The summed E-state index contributed by atoms with van der Waals surface area (Å²) in [6, 6.07) is 13.4. The predicted octanol–water partition coefficient (Wildman–Crippen LogP) is 4.02. The van der Waals surface area contributed by atoms with Gasteiger partial charge in [-0.1, -0.05) is 49.7 Å². The molecule has 5 nitrogen and oxygen atoms in total. The maximum atomic E-state index is 12.4. The van der Waals surface area contributed by atoms with Gasteiger partial charge in [-0.25, -0.2) is 8.42 Å². The Morgan fingerprint density at radius 1 is 1.08 bits per heavy atom. The Morgan fingerprint density at radius 2 is 1.69 bits per heavy atom. The molecule has 0 saturated carbocycles. The highest BCUT2D eigenvalue weighted by Gasteiger charge is 2.20. The van der Waals surface area contributed by atoms with Gasteiger partial charge in [0.15, 0.2) is 0 Å². The van der Waals surface area contributed by atoms with E-state index >= 15 is 0 Å². The van der Waals surface area contributed by atoms with Crippen molar-refractivity contribution in [1.82, 2.24) is 4.31 Å². The predicted molar refractivity (Wildman–Crippen MR) is 106 cm³/mol. The molecule has 26 heavy (non-hydrogen) atoms. The van der Waals surface area contributed by atoms with Crippen molar-refractivity contribution >= 4 is 39.3 Å². The zero-order chi connectivity index (χ0) is 19.2. The van der Waals surface area contributed by atoms with Crippen LogP contribution < -0.4 is 5.32 Å². The molecule has 0 aliphatic rings. The summed E-state index contributed by atoms with van der Waals surface area (Å²) in [7, 11) is -3.48. The number of sulfonamides is 1. The number of benzene rings is 2. The Kier molecular flexibility index (Phi) is 6.97. The summed E-state index contributed by atoms with van der Waals surface area (Å²) < 4.78 is 26.3. The van der Waals surface area contributed by atoms with Gasteiger partial charge in [-0.2, -0.15) is 4.31 Å². The molecule has 0 aliphatic carbocycles. The third kappa shape index (κ3) is 4.94. The van der Waals surface area contributed by atoms with Crippen LogP contribution in [-0.2, 0) is 14.8 Å². The maximum absolute atomic E-state index is 12.4. The first kappa shape index (κ1) is 20.2. The molecule has 0 saturated heterocycles. The molecular weight excluding hydrogens is 372 g/mol. The number of carbonyl (C=O) groups excluding carboxylic acids is 1. The highest BCUT2D eigenvalue weighted by atomic mass is 35.5. The van der Waals surface area contributed by atoms with Crippen LogP contribution in [0.15, 0.2) is 59.5 Å². The van der Waals surface area contributed by atoms with Crippen LogP contribution in [-0.4, -0.2) is 31.7 Å². The minimum Gasteiger partial charge on any atom is -0.321 e. The van der Waals surface area contributed by atoms with Crippen molar-refractivity contribution in [2.45, 2.75) is 18.7 Å². The molecule has 0 spiro atoms. The number of para-hydroxylation sites is 1. The standard InChI is InChI=1S/C19H21ClN2O3S/c1-3-22(4-2)26(24,25)16-12-9-15(10-13-16)11-14-19(23)21-18-8-6-5-7-17(18)20/h5-14H,3-4H2,1-2H3,(H,21,23). The third-order valence-corrected chi connectivity index (χ3v) is 6.18. The lowest BCUT2D eigenvalue weighted by Crippen LogP contribution is -2.30. The minimum absolute atomic E-state index is 0.235. The van der Waals surface area contributed by atoms with Gasteiger partial charge in [0.2, 0.25) is 15.9 Å². The zero-order valence-corrected chi connectivity index (χ0v) is 16.2. The molecule has 2 aromatic carbocycles. The quantitative estimate of drug-likeness (QED) is 0.723. The Bertz CT molecular complexity index is 889. The lowest BCUT2D eigenvalue weighted by molar-refractivity contribution is -0.111. The molecule has 7 heteroatoms. The molecule has 1 N–H and O–H groups in total. The van der Waals surface area contributed by atoms with Crippen LogP contribution in [0.2, 0.25) is 5.02 Å². The van der Waals surface area contributed by atoms with E-state index < -0.39 is 10.0 Å². The first-order valence-electron chi connectivity index (χ1n) is 8.22. The maximum Gasteiger partial charge on any atom is 0.248 e. The normalized spacial score (nSPS) is 11.8. The molecule has 138 valence electrons. The average molecular weight is 393 g/mol. The van der Waals surface area contributed by atoms with E-state index in [1.807, 2.05) is 0 Å². The fraction of sp³-hybridized carbons (Fsp3) is 0.211. The van der Waals surface area contributed by atoms with Gasteiger partial charge >= 0.3 is 0 Å². The second-order valence-corrected chi connectivity index (χ2v) is 7.81. The van der Waals surface area contributed by atoms with Crippen molar-refractivity contribution in [2.24, 2.45) is 0 Å². The molecule has 0 unspecified atom stereocenters. The van der Waals surface area contributed by atoms with E-state index in [1.54, 1.807) is 68.5 Å². The van der Waals surface area contributed by atoms with Crippen molar-refractivity contribution in [3.63, 3.8) is 0 Å². The van der Waals surface area contributed by atoms with Crippen molar-refractivity contribution in [3.8, 4) is 0 Å². The highest BCUT2D eigenvalue weighted by Crippen LogP contribution is 2.20. The summed E-state index contributed by atoms with van der Waals surface area (Å²) in [6.07, 6.45) is 2.98. The van der Waals surface area contributed by atoms with E-state index in [-0.39, 0.29) is 10.8 Å². The molecule has 0 radical (unpaired) electrons. The van der Waals surface area contributed by atoms with Crippen LogP contribution in [0.3, 0.4) is 0 Å². The van der Waals surface area contributed by atoms with Gasteiger partial charge in [-0.3, -0.25) is 4.79 Å². The summed E-state index contributed by atoms with van der Waals surface area (Å²) in [5.74, 6) is -0.321. The summed E-state index contributed by atoms with van der Waals surface area (Å²) in [5, 5.41) is 3.14. The van der Waals surface area contributed by atoms with Crippen LogP contribution in [0, 0.1) is 0 Å². The van der Waals surface area contributed by atoms with E-state index in [1.165, 1.54) is 10.4 Å². The first-order chi connectivity index (χ1) is 12.4. The van der Waals surface area contributed by atoms with Gasteiger partial charge in [-0.05, 0) is 35.9 Å². The van der Waals surface area contributed by atoms with Crippen LogP contribution in [0.25, 0.3) is 6.08 Å². The number of carbonyl (C=O) groups is 1. The number of nitrogens with zero attached hydrogens (tertiary/aromatic N) is 1. The van der Waals surface area contributed by atoms with Crippen molar-refractivity contribution in [2.75, 3.05) is 18.4 Å². The smallest absolute Gasteiger partial charge is 0.248 e. The van der Waals surface area contributed by atoms with Crippen molar-refractivity contribution in [3.05, 3.63) is 65.2 Å². The minimum atomic E-state index is -3.48. The Labute approximate surface area is 159 Å². The molecule has 0 atom stereocenters. The fourth-order valence-corrected chi connectivity index (χ4v) is 4.01. The average Bonchev–Trinajstić information content (AvgIpc) is 2.63. The summed E-state index contributed by atoms with van der Waals surface area (Å²) >= 11 is 6.00. The number of nitrogens with one attached hydrogen (secondary N) is 1. The first-order valence-corrected chi connectivity index (χ1v) is 10.0. The van der Waals surface area contributed by atoms with Crippen LogP contribution in [0.1, 0.15) is 19.4 Å². The number of halogens is 1. The summed E-state index contributed by atoms with van der Waals surface area (Å²) in [5.41, 5.74) is 1.25. The molecule has 0 heterocycles. The third-order valence-electron chi connectivity index (χ3n) is 3.78. The van der Waals surface area contributed by atoms with E-state index in [2.05, 4.69) is 5.32 Å². The number of hydrogen-bond acceptors (Lipinski definition) is 3. The van der Waals surface area contributed by atoms with Gasteiger partial charge in [0, 0.05) is 19.2 Å². The van der Waals surface area contributed by atoms with Gasteiger partial charge < -0.3 is 5.32 Å². The number of rotatable bonds is 7. The monoisotopic (exact) mass is 392 g/mol. The Hall–Kier alpha value is -2.15. The molecule has 0 bridgehead atoms. The van der Waals surface area contributed by atoms with E-state index in [4.69, 9.17) is 11.6 Å².